The average Bonchev–Trinajstić information content (AvgIpc) is 2.48. The summed E-state index contributed by atoms with van der Waals surface area (Å²) in [5, 5.41) is 5.39. The van der Waals surface area contributed by atoms with Crippen molar-refractivity contribution in [3.05, 3.63) is 24.3 Å². The highest BCUT2D eigenvalue weighted by Crippen LogP contribution is 2.30. The minimum atomic E-state index is -0.611. The number of carbonyl (C=O) groups excluding carboxylic acids is 2. The smallest absolute Gasteiger partial charge is 0.316 e. The van der Waals surface area contributed by atoms with E-state index in [-0.39, 0.29) is 17.7 Å². The fourth-order valence-corrected chi connectivity index (χ4v) is 2.85. The Hall–Kier alpha value is -2.08. The Morgan fingerprint density at radius 2 is 1.62 bits per heavy atom. The molecule has 0 spiro atoms. The number of rotatable bonds is 4. The van der Waals surface area contributed by atoms with E-state index in [9.17, 15) is 9.59 Å². The molecule has 114 valence electrons. The number of benzene rings is 1. The molecule has 1 aliphatic carbocycles. The summed E-state index contributed by atoms with van der Waals surface area (Å²) in [4.78, 5) is 23.1. The Kier molecular flexibility index (Phi) is 5.16. The summed E-state index contributed by atoms with van der Waals surface area (Å²) in [5.41, 5.74) is 12.1. The first kappa shape index (κ1) is 15.3. The largest absolute Gasteiger partial charge is 0.351 e. The van der Waals surface area contributed by atoms with Gasteiger partial charge in [-0.3, -0.25) is 4.79 Å². The zero-order chi connectivity index (χ0) is 15.2. The molecule has 2 unspecified atom stereocenters. The lowest BCUT2D eigenvalue weighted by atomic mass is 9.78. The van der Waals surface area contributed by atoms with Crippen molar-refractivity contribution < 1.29 is 9.59 Å². The van der Waals surface area contributed by atoms with E-state index >= 15 is 0 Å². The highest BCUT2D eigenvalue weighted by Gasteiger charge is 2.29. The predicted octanol–water partition coefficient (Wildman–Crippen LogP) is 1.88. The molecule has 1 fully saturated rings. The quantitative estimate of drug-likeness (QED) is 0.679. The van der Waals surface area contributed by atoms with Gasteiger partial charge in [-0.2, -0.15) is 0 Å². The van der Waals surface area contributed by atoms with Gasteiger partial charge in [0.05, 0.1) is 0 Å². The van der Waals surface area contributed by atoms with Crippen LogP contribution < -0.4 is 22.1 Å². The van der Waals surface area contributed by atoms with Gasteiger partial charge >= 0.3 is 6.03 Å². The Labute approximate surface area is 124 Å². The molecule has 0 aliphatic heterocycles. The summed E-state index contributed by atoms with van der Waals surface area (Å²) in [6.07, 6.45) is 4.15. The van der Waals surface area contributed by atoms with E-state index in [1.165, 1.54) is 0 Å². The normalized spacial score (nSPS) is 21.6. The van der Waals surface area contributed by atoms with Crippen LogP contribution in [0.4, 0.5) is 16.2 Å². The summed E-state index contributed by atoms with van der Waals surface area (Å²) in [6, 6.07) is 6.26. The Morgan fingerprint density at radius 1 is 1.05 bits per heavy atom. The molecule has 6 heteroatoms. The number of nitrogens with two attached hydrogens (primary N) is 2. The summed E-state index contributed by atoms with van der Waals surface area (Å²) in [7, 11) is 0. The highest BCUT2D eigenvalue weighted by molar-refractivity contribution is 5.93. The molecule has 0 saturated heterocycles. The van der Waals surface area contributed by atoms with Crippen LogP contribution in [0, 0.1) is 11.8 Å². The summed E-state index contributed by atoms with van der Waals surface area (Å²) in [5.74, 6) is 0.294. The summed E-state index contributed by atoms with van der Waals surface area (Å²) in [6.45, 7) is 0.555. The monoisotopic (exact) mass is 290 g/mol. The molecule has 21 heavy (non-hydrogen) atoms. The maximum Gasteiger partial charge on any atom is 0.316 e. The predicted molar refractivity (Wildman–Crippen MR) is 82.8 cm³/mol. The standard InChI is InChI=1S/C15H22N4O2/c16-9-10-3-1-2-4-13(10)14(20)18-11-5-7-12(8-6-11)19-15(17)21/h5-8,10,13H,1-4,9,16H2,(H,18,20)(H3,17,19,21). The fourth-order valence-electron chi connectivity index (χ4n) is 2.85. The number of hydrogen-bond acceptors (Lipinski definition) is 3. The molecule has 3 amide bonds. The fraction of sp³-hybridized carbons (Fsp3) is 0.467. The SMILES string of the molecule is NCC1CCCCC1C(=O)Nc1ccc(NC(N)=O)cc1. The second kappa shape index (κ2) is 7.08. The maximum absolute atomic E-state index is 12.3. The van der Waals surface area contributed by atoms with Gasteiger partial charge in [0.2, 0.25) is 5.91 Å². The lowest BCUT2D eigenvalue weighted by Crippen LogP contribution is -2.35. The molecule has 2 atom stereocenters. The first-order chi connectivity index (χ1) is 10.1. The first-order valence-electron chi connectivity index (χ1n) is 7.27. The summed E-state index contributed by atoms with van der Waals surface area (Å²) >= 11 is 0. The molecule has 1 aromatic carbocycles. The molecule has 0 bridgehead atoms. The average molecular weight is 290 g/mol. The number of amides is 3. The van der Waals surface area contributed by atoms with Crippen molar-refractivity contribution in [2.24, 2.45) is 23.3 Å². The number of hydrogen-bond donors (Lipinski definition) is 4. The molecule has 6 nitrogen and oxygen atoms in total. The third-order valence-electron chi connectivity index (χ3n) is 3.97. The number of primary amides is 1. The van der Waals surface area contributed by atoms with Crippen molar-refractivity contribution in [3.8, 4) is 0 Å². The minimum absolute atomic E-state index is 0.00725. The van der Waals surface area contributed by atoms with Gasteiger partial charge in [-0.15, -0.1) is 0 Å². The van der Waals surface area contributed by atoms with Crippen LogP contribution >= 0.6 is 0 Å². The van der Waals surface area contributed by atoms with Crippen molar-refractivity contribution in [1.82, 2.24) is 0 Å². The number of nitrogens with one attached hydrogen (secondary N) is 2. The van der Waals surface area contributed by atoms with Crippen molar-refractivity contribution in [2.45, 2.75) is 25.7 Å². The van der Waals surface area contributed by atoms with Crippen LogP contribution in [-0.4, -0.2) is 18.5 Å². The number of carbonyl (C=O) groups is 2. The van der Waals surface area contributed by atoms with Gasteiger partial charge < -0.3 is 22.1 Å². The van der Waals surface area contributed by atoms with Crippen LogP contribution in [-0.2, 0) is 4.79 Å². The molecule has 0 heterocycles. The zero-order valence-electron chi connectivity index (χ0n) is 12.0. The van der Waals surface area contributed by atoms with Crippen LogP contribution in [0.1, 0.15) is 25.7 Å². The van der Waals surface area contributed by atoms with Gasteiger partial charge in [0.15, 0.2) is 0 Å². The van der Waals surface area contributed by atoms with Gasteiger partial charge in [0.1, 0.15) is 0 Å². The van der Waals surface area contributed by atoms with Crippen molar-refractivity contribution >= 4 is 23.3 Å². The summed E-state index contributed by atoms with van der Waals surface area (Å²) < 4.78 is 0. The second-order valence-corrected chi connectivity index (χ2v) is 5.44. The van der Waals surface area contributed by atoms with E-state index in [1.807, 2.05) is 0 Å². The van der Waals surface area contributed by atoms with E-state index in [0.717, 1.165) is 25.7 Å². The molecule has 1 saturated carbocycles. The topological polar surface area (TPSA) is 110 Å². The van der Waals surface area contributed by atoms with Crippen LogP contribution in [0.2, 0.25) is 0 Å². The van der Waals surface area contributed by atoms with Crippen LogP contribution in [0.25, 0.3) is 0 Å². The number of anilines is 2. The van der Waals surface area contributed by atoms with Crippen molar-refractivity contribution in [1.29, 1.82) is 0 Å². The minimum Gasteiger partial charge on any atom is -0.351 e. The van der Waals surface area contributed by atoms with Gasteiger partial charge in [-0.1, -0.05) is 12.8 Å². The van der Waals surface area contributed by atoms with E-state index in [0.29, 0.717) is 17.9 Å². The second-order valence-electron chi connectivity index (χ2n) is 5.44. The number of urea groups is 1. The molecule has 6 N–H and O–H groups in total. The van der Waals surface area contributed by atoms with Crippen LogP contribution in [0.15, 0.2) is 24.3 Å². The van der Waals surface area contributed by atoms with E-state index in [2.05, 4.69) is 10.6 Å². The van der Waals surface area contributed by atoms with Crippen molar-refractivity contribution in [2.75, 3.05) is 17.2 Å². The van der Waals surface area contributed by atoms with E-state index < -0.39 is 6.03 Å². The molecular weight excluding hydrogens is 268 g/mol. The van der Waals surface area contributed by atoms with E-state index in [1.54, 1.807) is 24.3 Å². The third-order valence-corrected chi connectivity index (χ3v) is 3.97. The van der Waals surface area contributed by atoms with Crippen LogP contribution in [0.3, 0.4) is 0 Å². The molecule has 2 rings (SSSR count). The van der Waals surface area contributed by atoms with Gasteiger partial charge in [0, 0.05) is 17.3 Å². The lowest BCUT2D eigenvalue weighted by Gasteiger charge is -2.29. The molecule has 1 aliphatic rings. The Balaban J connectivity index is 1.96. The zero-order valence-corrected chi connectivity index (χ0v) is 12.0. The van der Waals surface area contributed by atoms with E-state index in [4.69, 9.17) is 11.5 Å². The van der Waals surface area contributed by atoms with Crippen molar-refractivity contribution in [3.63, 3.8) is 0 Å². The Bertz CT molecular complexity index is 501. The van der Waals surface area contributed by atoms with Gasteiger partial charge in [-0.05, 0) is 49.6 Å². The van der Waals surface area contributed by atoms with Gasteiger partial charge in [-0.25, -0.2) is 4.79 Å². The lowest BCUT2D eigenvalue weighted by molar-refractivity contribution is -0.122. The first-order valence-corrected chi connectivity index (χ1v) is 7.27. The van der Waals surface area contributed by atoms with Crippen LogP contribution in [0.5, 0.6) is 0 Å². The highest BCUT2D eigenvalue weighted by atomic mass is 16.2. The maximum atomic E-state index is 12.3. The van der Waals surface area contributed by atoms with Gasteiger partial charge in [0.25, 0.3) is 0 Å². The Morgan fingerprint density at radius 3 is 2.19 bits per heavy atom. The molecule has 0 radical (unpaired) electrons. The third kappa shape index (κ3) is 4.19. The molecular formula is C15H22N4O2. The molecule has 1 aromatic rings. The molecule has 0 aromatic heterocycles.